The van der Waals surface area contributed by atoms with Crippen molar-refractivity contribution >= 4 is 35.7 Å². The Bertz CT molecular complexity index is 1290. The van der Waals surface area contributed by atoms with Gasteiger partial charge in [0.15, 0.2) is 5.82 Å². The van der Waals surface area contributed by atoms with Crippen molar-refractivity contribution in [3.05, 3.63) is 75.4 Å². The van der Waals surface area contributed by atoms with Gasteiger partial charge in [0, 0.05) is 60.3 Å². The predicted octanol–water partition coefficient (Wildman–Crippen LogP) is 6.14. The Morgan fingerprint density at radius 1 is 1.15 bits per heavy atom. The Morgan fingerprint density at radius 3 is 2.72 bits per heavy atom. The lowest BCUT2D eigenvalue weighted by atomic mass is 9.94. The maximum absolute atomic E-state index is 13.1. The minimum Gasteiger partial charge on any atom is -0.493 e. The van der Waals surface area contributed by atoms with Gasteiger partial charge in [0.05, 0.1) is 13.2 Å². The Labute approximate surface area is 242 Å². The van der Waals surface area contributed by atoms with Crippen molar-refractivity contribution < 1.29 is 14.3 Å². The number of hydrogen-bond donors (Lipinski definition) is 1. The largest absolute Gasteiger partial charge is 0.493 e. The van der Waals surface area contributed by atoms with Gasteiger partial charge >= 0.3 is 0 Å². The highest BCUT2D eigenvalue weighted by atomic mass is 35.5. The second-order valence-corrected chi connectivity index (χ2v) is 11.2. The molecule has 0 saturated carbocycles. The van der Waals surface area contributed by atoms with Crippen molar-refractivity contribution in [1.82, 2.24) is 14.7 Å². The van der Waals surface area contributed by atoms with Gasteiger partial charge in [-0.15, -0.1) is 12.4 Å². The molecular formula is C30H38Cl2N4O3. The first-order valence-corrected chi connectivity index (χ1v) is 13.9. The fraction of sp³-hybridized carbons (Fsp3) is 0.467. The van der Waals surface area contributed by atoms with Crippen molar-refractivity contribution in [2.75, 3.05) is 31.7 Å². The van der Waals surface area contributed by atoms with Crippen molar-refractivity contribution in [2.24, 2.45) is 5.92 Å². The molecule has 1 aromatic heterocycles. The smallest absolute Gasteiger partial charge is 0.256 e. The Kier molecular flexibility index (Phi) is 9.94. The van der Waals surface area contributed by atoms with E-state index in [1.54, 1.807) is 0 Å². The molecule has 0 bridgehead atoms. The van der Waals surface area contributed by atoms with Crippen LogP contribution in [0.4, 0.5) is 5.82 Å². The summed E-state index contributed by atoms with van der Waals surface area (Å²) in [5, 5.41) is 8.29. The number of aryl methyl sites for hydroxylation is 1. The van der Waals surface area contributed by atoms with E-state index in [0.29, 0.717) is 41.5 Å². The van der Waals surface area contributed by atoms with E-state index < -0.39 is 0 Å². The molecule has 3 aromatic rings. The number of benzene rings is 2. The maximum Gasteiger partial charge on any atom is 0.256 e. The molecule has 9 heteroatoms. The SMILES string of the molecule is Cc1cc(NC(=O)c2ccc3c(c2)CCN(C2CCOCC2)C3)nn1Cc1cc(Cl)ccc1OCC(C)C.Cl. The van der Waals surface area contributed by atoms with E-state index in [-0.39, 0.29) is 18.3 Å². The second-order valence-electron chi connectivity index (χ2n) is 10.8. The molecule has 1 N–H and O–H groups in total. The normalized spacial score (nSPS) is 16.0. The van der Waals surface area contributed by atoms with Crippen LogP contribution in [-0.4, -0.2) is 53.0 Å². The van der Waals surface area contributed by atoms with Gasteiger partial charge in [0.1, 0.15) is 5.75 Å². The standard InChI is InChI=1S/C30H37ClN4O3.ClH/c1-20(2)19-38-28-7-6-26(31)16-25(28)18-35-21(3)14-29(33-35)32-30(36)23-4-5-24-17-34(11-8-22(24)15-23)27-9-12-37-13-10-27;/h4-7,14-16,20,27H,8-13,17-19H2,1-3H3,(H,32,33,36);1H. The average molecular weight is 574 g/mol. The number of halogens is 2. The van der Waals surface area contributed by atoms with Crippen molar-refractivity contribution in [1.29, 1.82) is 0 Å². The molecule has 2 aromatic carbocycles. The van der Waals surface area contributed by atoms with E-state index in [9.17, 15) is 4.79 Å². The van der Waals surface area contributed by atoms with Crippen LogP contribution in [0.3, 0.4) is 0 Å². The summed E-state index contributed by atoms with van der Waals surface area (Å²) in [6, 6.07) is 14.2. The molecule has 2 aliphatic heterocycles. The quantitative estimate of drug-likeness (QED) is 0.351. The van der Waals surface area contributed by atoms with Crippen LogP contribution in [-0.2, 0) is 24.2 Å². The topological polar surface area (TPSA) is 68.6 Å². The molecule has 0 radical (unpaired) electrons. The van der Waals surface area contributed by atoms with Gasteiger partial charge in [-0.1, -0.05) is 31.5 Å². The molecule has 0 atom stereocenters. The fourth-order valence-corrected chi connectivity index (χ4v) is 5.42. The zero-order chi connectivity index (χ0) is 26.6. The van der Waals surface area contributed by atoms with Crippen LogP contribution in [0.1, 0.15) is 59.4 Å². The van der Waals surface area contributed by atoms with Crippen LogP contribution in [0.25, 0.3) is 0 Å². The molecule has 210 valence electrons. The fourth-order valence-electron chi connectivity index (χ4n) is 5.23. The van der Waals surface area contributed by atoms with E-state index in [4.69, 9.17) is 21.1 Å². The predicted molar refractivity (Wildman–Crippen MR) is 157 cm³/mol. The molecule has 0 aliphatic carbocycles. The second kappa shape index (κ2) is 13.2. The molecule has 5 rings (SSSR count). The molecule has 1 fully saturated rings. The number of nitrogens with one attached hydrogen (secondary N) is 1. The van der Waals surface area contributed by atoms with Gasteiger partial charge in [-0.2, -0.15) is 5.10 Å². The van der Waals surface area contributed by atoms with Crippen LogP contribution >= 0.6 is 24.0 Å². The Morgan fingerprint density at radius 2 is 1.95 bits per heavy atom. The highest BCUT2D eigenvalue weighted by Crippen LogP contribution is 2.27. The molecule has 0 spiro atoms. The average Bonchev–Trinajstić information content (AvgIpc) is 3.26. The Balaban J connectivity index is 0.00000353. The summed E-state index contributed by atoms with van der Waals surface area (Å²) in [5.41, 5.74) is 5.13. The van der Waals surface area contributed by atoms with E-state index in [2.05, 4.69) is 35.2 Å². The molecule has 1 saturated heterocycles. The lowest BCUT2D eigenvalue weighted by molar-refractivity contribution is 0.0290. The summed E-state index contributed by atoms with van der Waals surface area (Å²) in [6.07, 6.45) is 3.17. The van der Waals surface area contributed by atoms with Gasteiger partial charge in [-0.3, -0.25) is 14.4 Å². The van der Waals surface area contributed by atoms with E-state index >= 15 is 0 Å². The van der Waals surface area contributed by atoms with Crippen LogP contribution in [0.5, 0.6) is 5.75 Å². The summed E-state index contributed by atoms with van der Waals surface area (Å²) >= 11 is 6.28. The first-order valence-electron chi connectivity index (χ1n) is 13.6. The van der Waals surface area contributed by atoms with Gasteiger partial charge in [-0.25, -0.2) is 0 Å². The lowest BCUT2D eigenvalue weighted by Crippen LogP contribution is -2.42. The maximum atomic E-state index is 13.1. The van der Waals surface area contributed by atoms with Gasteiger partial charge in [0.25, 0.3) is 5.91 Å². The molecule has 39 heavy (non-hydrogen) atoms. The number of nitrogens with zero attached hydrogens (tertiary/aromatic N) is 3. The number of rotatable bonds is 8. The number of aromatic nitrogens is 2. The molecule has 3 heterocycles. The monoisotopic (exact) mass is 572 g/mol. The third kappa shape index (κ3) is 7.34. The molecule has 2 aliphatic rings. The Hall–Kier alpha value is -2.58. The van der Waals surface area contributed by atoms with Crippen molar-refractivity contribution in [3.63, 3.8) is 0 Å². The number of amides is 1. The minimum atomic E-state index is -0.145. The lowest BCUT2D eigenvalue weighted by Gasteiger charge is -2.37. The third-order valence-corrected chi connectivity index (χ3v) is 7.59. The van der Waals surface area contributed by atoms with Crippen LogP contribution in [0, 0.1) is 12.8 Å². The zero-order valence-electron chi connectivity index (χ0n) is 22.9. The highest BCUT2D eigenvalue weighted by Gasteiger charge is 2.26. The van der Waals surface area contributed by atoms with Crippen LogP contribution < -0.4 is 10.1 Å². The highest BCUT2D eigenvalue weighted by molar-refractivity contribution is 6.30. The van der Waals surface area contributed by atoms with Gasteiger partial charge < -0.3 is 14.8 Å². The summed E-state index contributed by atoms with van der Waals surface area (Å²) in [4.78, 5) is 15.7. The summed E-state index contributed by atoms with van der Waals surface area (Å²) < 4.78 is 13.4. The molecule has 0 unspecified atom stereocenters. The molecule has 1 amide bonds. The molecular weight excluding hydrogens is 535 g/mol. The van der Waals surface area contributed by atoms with Crippen molar-refractivity contribution in [2.45, 2.75) is 59.2 Å². The zero-order valence-corrected chi connectivity index (χ0v) is 24.5. The summed E-state index contributed by atoms with van der Waals surface area (Å²) in [7, 11) is 0. The van der Waals surface area contributed by atoms with Crippen LogP contribution in [0.2, 0.25) is 5.02 Å². The van der Waals surface area contributed by atoms with Gasteiger partial charge in [-0.05, 0) is 73.6 Å². The van der Waals surface area contributed by atoms with E-state index in [1.165, 1.54) is 11.1 Å². The summed E-state index contributed by atoms with van der Waals surface area (Å²) in [5.74, 6) is 1.60. The third-order valence-electron chi connectivity index (χ3n) is 7.36. The van der Waals surface area contributed by atoms with E-state index in [0.717, 1.165) is 62.6 Å². The number of ether oxygens (including phenoxy) is 2. The first kappa shape index (κ1) is 29.4. The number of hydrogen-bond acceptors (Lipinski definition) is 5. The first-order chi connectivity index (χ1) is 18.4. The molecule has 7 nitrogen and oxygen atoms in total. The van der Waals surface area contributed by atoms with Crippen LogP contribution in [0.15, 0.2) is 42.5 Å². The van der Waals surface area contributed by atoms with Gasteiger partial charge in [0.2, 0.25) is 0 Å². The van der Waals surface area contributed by atoms with E-state index in [1.807, 2.05) is 48.0 Å². The number of carbonyl (C=O) groups is 1. The van der Waals surface area contributed by atoms with Crippen molar-refractivity contribution in [3.8, 4) is 5.75 Å². The number of carbonyl (C=O) groups excluding carboxylic acids is 1. The summed E-state index contributed by atoms with van der Waals surface area (Å²) in [6.45, 7) is 11.0. The number of anilines is 1. The number of fused-ring (bicyclic) bond motifs is 1. The minimum absolute atomic E-state index is 0.